The van der Waals surface area contributed by atoms with E-state index in [-0.39, 0.29) is 20.0 Å². The minimum Gasteiger partial charge on any atom is -0.469 e. The maximum atomic E-state index is 12.2. The monoisotopic (exact) mass is 472 g/mol. The van der Waals surface area contributed by atoms with Crippen molar-refractivity contribution in [2.75, 3.05) is 34.9 Å². The first kappa shape index (κ1) is 26.9. The van der Waals surface area contributed by atoms with E-state index in [4.69, 9.17) is 28.4 Å². The van der Waals surface area contributed by atoms with E-state index in [1.807, 2.05) is 45.0 Å². The normalized spacial score (nSPS) is 11.4. The van der Waals surface area contributed by atoms with Crippen LogP contribution in [0.5, 0.6) is 11.5 Å². The maximum absolute atomic E-state index is 12.2. The van der Waals surface area contributed by atoms with Crippen molar-refractivity contribution in [3.05, 3.63) is 53.6 Å². The zero-order chi connectivity index (χ0) is 25.1. The highest BCUT2D eigenvalue weighted by Gasteiger charge is 2.19. The van der Waals surface area contributed by atoms with Gasteiger partial charge in [-0.2, -0.15) is 0 Å². The molecular formula is C26H32O8. The van der Waals surface area contributed by atoms with Gasteiger partial charge in [-0.1, -0.05) is 18.2 Å². The molecule has 34 heavy (non-hydrogen) atoms. The fourth-order valence-electron chi connectivity index (χ4n) is 3.08. The number of hydrogen-bond acceptors (Lipinski definition) is 8. The van der Waals surface area contributed by atoms with Crippen LogP contribution in [-0.2, 0) is 35.0 Å². The molecule has 2 aromatic carbocycles. The predicted molar refractivity (Wildman–Crippen MR) is 127 cm³/mol. The average molecular weight is 473 g/mol. The summed E-state index contributed by atoms with van der Waals surface area (Å²) in [6, 6.07) is 10.9. The van der Waals surface area contributed by atoms with Crippen molar-refractivity contribution in [3.63, 3.8) is 0 Å². The first-order valence-electron chi connectivity index (χ1n) is 10.7. The Morgan fingerprint density at radius 2 is 1.65 bits per heavy atom. The van der Waals surface area contributed by atoms with Crippen LogP contribution in [-0.4, -0.2) is 52.5 Å². The lowest BCUT2D eigenvalue weighted by molar-refractivity contribution is -0.148. The third-order valence-electron chi connectivity index (χ3n) is 4.39. The van der Waals surface area contributed by atoms with Crippen molar-refractivity contribution >= 4 is 18.0 Å². The van der Waals surface area contributed by atoms with Gasteiger partial charge in [-0.15, -0.1) is 0 Å². The SMILES string of the molecule is COCOc1cc(CC(=O)OC)c(-c2cccc(C=CC(=O)OC(C)(C)C)c2)c(OCOC)c1. The van der Waals surface area contributed by atoms with Gasteiger partial charge in [0.1, 0.15) is 17.1 Å². The number of ether oxygens (including phenoxy) is 6. The van der Waals surface area contributed by atoms with E-state index in [1.165, 1.54) is 27.4 Å². The summed E-state index contributed by atoms with van der Waals surface area (Å²) in [5.74, 6) is 0.0797. The first-order chi connectivity index (χ1) is 16.2. The number of esters is 2. The predicted octanol–water partition coefficient (Wildman–Crippen LogP) is 4.39. The first-order valence-corrected chi connectivity index (χ1v) is 10.7. The molecule has 0 bridgehead atoms. The summed E-state index contributed by atoms with van der Waals surface area (Å²) in [5.41, 5.74) is 2.28. The molecule has 0 N–H and O–H groups in total. The molecule has 0 saturated carbocycles. The van der Waals surface area contributed by atoms with Crippen LogP contribution >= 0.6 is 0 Å². The Morgan fingerprint density at radius 3 is 2.29 bits per heavy atom. The molecule has 0 aliphatic heterocycles. The van der Waals surface area contributed by atoms with Crippen LogP contribution < -0.4 is 9.47 Å². The Hall–Kier alpha value is -3.36. The third-order valence-corrected chi connectivity index (χ3v) is 4.39. The van der Waals surface area contributed by atoms with E-state index >= 15 is 0 Å². The molecule has 8 heteroatoms. The van der Waals surface area contributed by atoms with Crippen LogP contribution in [0, 0.1) is 0 Å². The maximum Gasteiger partial charge on any atom is 0.331 e. The lowest BCUT2D eigenvalue weighted by atomic mass is 9.94. The van der Waals surface area contributed by atoms with Crippen LogP contribution in [0.4, 0.5) is 0 Å². The average Bonchev–Trinajstić information content (AvgIpc) is 2.78. The molecule has 0 unspecified atom stereocenters. The minimum absolute atomic E-state index is 0.00265. The van der Waals surface area contributed by atoms with Gasteiger partial charge in [-0.25, -0.2) is 4.79 Å². The molecule has 8 nitrogen and oxygen atoms in total. The smallest absolute Gasteiger partial charge is 0.331 e. The van der Waals surface area contributed by atoms with E-state index in [0.29, 0.717) is 22.6 Å². The number of carbonyl (C=O) groups excluding carboxylic acids is 2. The van der Waals surface area contributed by atoms with E-state index in [2.05, 4.69) is 0 Å². The lowest BCUT2D eigenvalue weighted by Gasteiger charge is -2.18. The van der Waals surface area contributed by atoms with Crippen LogP contribution in [0.1, 0.15) is 31.9 Å². The summed E-state index contributed by atoms with van der Waals surface area (Å²) in [7, 11) is 4.36. The Balaban J connectivity index is 2.53. The summed E-state index contributed by atoms with van der Waals surface area (Å²) in [6.07, 6.45) is 3.05. The van der Waals surface area contributed by atoms with Crippen molar-refractivity contribution in [3.8, 4) is 22.6 Å². The van der Waals surface area contributed by atoms with Crippen LogP contribution in [0.3, 0.4) is 0 Å². The van der Waals surface area contributed by atoms with Crippen molar-refractivity contribution in [2.24, 2.45) is 0 Å². The van der Waals surface area contributed by atoms with E-state index in [9.17, 15) is 9.59 Å². The highest BCUT2D eigenvalue weighted by atomic mass is 16.7. The number of methoxy groups -OCH3 is 3. The second-order valence-electron chi connectivity index (χ2n) is 8.30. The molecule has 0 radical (unpaired) electrons. The van der Waals surface area contributed by atoms with Gasteiger partial charge in [0.05, 0.1) is 13.5 Å². The van der Waals surface area contributed by atoms with Gasteiger partial charge in [0.25, 0.3) is 0 Å². The highest BCUT2D eigenvalue weighted by Crippen LogP contribution is 2.38. The summed E-state index contributed by atoms with van der Waals surface area (Å²) in [4.78, 5) is 24.2. The van der Waals surface area contributed by atoms with Gasteiger partial charge in [0.15, 0.2) is 13.6 Å². The van der Waals surface area contributed by atoms with Gasteiger partial charge in [0.2, 0.25) is 0 Å². The van der Waals surface area contributed by atoms with Crippen molar-refractivity contribution in [2.45, 2.75) is 32.8 Å². The molecule has 0 heterocycles. The standard InChI is InChI=1S/C26H32O8/c1-26(2,3)34-23(27)11-10-18-8-7-9-19(12-18)25-20(14-24(28)31-6)13-21(32-16-29-4)15-22(25)33-17-30-5/h7-13,15H,14,16-17H2,1-6H3. The topological polar surface area (TPSA) is 89.5 Å². The third kappa shape index (κ3) is 8.53. The Labute approximate surface area is 200 Å². The van der Waals surface area contributed by atoms with Crippen LogP contribution in [0.15, 0.2) is 42.5 Å². The van der Waals surface area contributed by atoms with Gasteiger partial charge < -0.3 is 28.4 Å². The van der Waals surface area contributed by atoms with E-state index in [1.54, 1.807) is 18.2 Å². The molecule has 0 aliphatic carbocycles. The molecule has 0 aliphatic rings. The summed E-state index contributed by atoms with van der Waals surface area (Å²) < 4.78 is 31.7. The van der Waals surface area contributed by atoms with Crippen LogP contribution in [0.2, 0.25) is 0 Å². The minimum atomic E-state index is -0.577. The number of benzene rings is 2. The molecule has 184 valence electrons. The molecule has 0 fully saturated rings. The largest absolute Gasteiger partial charge is 0.469 e. The van der Waals surface area contributed by atoms with E-state index in [0.717, 1.165) is 11.1 Å². The number of hydrogen-bond donors (Lipinski definition) is 0. The zero-order valence-corrected chi connectivity index (χ0v) is 20.5. The van der Waals surface area contributed by atoms with Crippen molar-refractivity contribution in [1.82, 2.24) is 0 Å². The van der Waals surface area contributed by atoms with Gasteiger partial charge in [-0.05, 0) is 55.7 Å². The fraction of sp³-hybridized carbons (Fsp3) is 0.385. The lowest BCUT2D eigenvalue weighted by Crippen LogP contribution is -2.22. The molecule has 0 atom stereocenters. The van der Waals surface area contributed by atoms with Crippen LogP contribution in [0.25, 0.3) is 17.2 Å². The Bertz CT molecular complexity index is 1000. The molecule has 0 amide bonds. The highest BCUT2D eigenvalue weighted by molar-refractivity contribution is 5.88. The van der Waals surface area contributed by atoms with Gasteiger partial charge in [0, 0.05) is 31.9 Å². The van der Waals surface area contributed by atoms with Gasteiger partial charge in [-0.3, -0.25) is 4.79 Å². The molecule has 0 spiro atoms. The van der Waals surface area contributed by atoms with Crippen molar-refractivity contribution < 1.29 is 38.0 Å². The molecular weight excluding hydrogens is 440 g/mol. The summed E-state index contributed by atoms with van der Waals surface area (Å²) >= 11 is 0. The summed E-state index contributed by atoms with van der Waals surface area (Å²) in [6.45, 7) is 5.46. The molecule has 0 saturated heterocycles. The second-order valence-corrected chi connectivity index (χ2v) is 8.30. The van der Waals surface area contributed by atoms with E-state index < -0.39 is 17.5 Å². The Kier molecular flexibility index (Phi) is 10.1. The fourth-order valence-corrected chi connectivity index (χ4v) is 3.08. The summed E-state index contributed by atoms with van der Waals surface area (Å²) in [5, 5.41) is 0. The number of rotatable bonds is 11. The molecule has 2 rings (SSSR count). The Morgan fingerprint density at radius 1 is 0.941 bits per heavy atom. The zero-order valence-electron chi connectivity index (χ0n) is 20.5. The van der Waals surface area contributed by atoms with Gasteiger partial charge >= 0.3 is 11.9 Å². The number of carbonyl (C=O) groups is 2. The quantitative estimate of drug-likeness (QED) is 0.270. The molecule has 0 aromatic heterocycles. The molecule has 2 aromatic rings. The van der Waals surface area contributed by atoms with Crippen molar-refractivity contribution in [1.29, 1.82) is 0 Å². The second kappa shape index (κ2) is 12.8.